The van der Waals surface area contributed by atoms with Gasteiger partial charge in [0.2, 0.25) is 0 Å². The molecule has 2 saturated heterocycles. The fourth-order valence-electron chi connectivity index (χ4n) is 6.46. The minimum atomic E-state index is -3.03. The summed E-state index contributed by atoms with van der Waals surface area (Å²) in [4.78, 5) is 9.67. The fraction of sp³-hybridized carbons (Fsp3) is 0.667. The van der Waals surface area contributed by atoms with E-state index in [0.717, 1.165) is 19.0 Å². The molecule has 2 aromatic heterocycles. The number of alkyl halides is 2. The number of rotatable bonds is 14. The van der Waals surface area contributed by atoms with Crippen LogP contribution in [-0.4, -0.2) is 87.7 Å². The third-order valence-corrected chi connectivity index (χ3v) is 16.9. The van der Waals surface area contributed by atoms with Crippen LogP contribution >= 0.6 is 11.6 Å². The molecule has 1 aliphatic carbocycles. The molecule has 52 heavy (non-hydrogen) atoms. The lowest BCUT2D eigenvalue weighted by atomic mass is 10.1. The Morgan fingerprint density at radius 2 is 1.69 bits per heavy atom. The zero-order valence-corrected chi connectivity index (χ0v) is 34.3. The highest BCUT2D eigenvalue weighted by Gasteiger charge is 2.52. The van der Waals surface area contributed by atoms with Gasteiger partial charge >= 0.3 is 6.01 Å². The quantitative estimate of drug-likeness (QED) is 0.127. The van der Waals surface area contributed by atoms with Gasteiger partial charge in [0.25, 0.3) is 5.92 Å². The van der Waals surface area contributed by atoms with Gasteiger partial charge in [-0.2, -0.15) is 4.98 Å². The zero-order chi connectivity index (χ0) is 37.8. The van der Waals surface area contributed by atoms with E-state index in [9.17, 15) is 8.78 Å². The van der Waals surface area contributed by atoms with Crippen LogP contribution < -0.4 is 14.8 Å². The van der Waals surface area contributed by atoms with Gasteiger partial charge in [-0.1, -0.05) is 52.0 Å². The summed E-state index contributed by atoms with van der Waals surface area (Å²) in [5, 5.41) is 3.67. The molecular weight excluding hydrogens is 733 g/mol. The predicted octanol–water partition coefficient (Wildman–Crippen LogP) is 8.60. The second-order valence-electron chi connectivity index (χ2n) is 17.1. The molecule has 1 aromatic carbocycles. The third kappa shape index (κ3) is 8.76. The predicted molar refractivity (Wildman–Crippen MR) is 200 cm³/mol. The number of aryl methyl sites for hydroxylation is 1. The number of nitrogens with zero attached hydrogens (tertiary/aromatic N) is 3. The molecule has 0 bridgehead atoms. The molecule has 10 nitrogen and oxygen atoms in total. The molecule has 3 aliphatic rings. The van der Waals surface area contributed by atoms with E-state index < -0.39 is 46.9 Å². The number of halogens is 4. The van der Waals surface area contributed by atoms with Gasteiger partial charge < -0.3 is 33.4 Å². The van der Waals surface area contributed by atoms with Gasteiger partial charge in [0.15, 0.2) is 26.7 Å². The van der Waals surface area contributed by atoms with E-state index in [2.05, 4.69) is 58.8 Å². The summed E-state index contributed by atoms with van der Waals surface area (Å²) in [7, 11) is -3.41. The van der Waals surface area contributed by atoms with Crippen molar-refractivity contribution in [2.75, 3.05) is 31.7 Å². The first-order valence-electron chi connectivity index (χ1n) is 18.0. The largest absolute Gasteiger partial charge is 0.487 e. The van der Waals surface area contributed by atoms with Crippen LogP contribution in [0.2, 0.25) is 48.8 Å². The topological polar surface area (TPSA) is 98.1 Å². The summed E-state index contributed by atoms with van der Waals surface area (Å²) >= 11 is 6.76. The standard InChI is InChI=1S/C36H52ClF3N4O6Si2/c1-35(2,3)52(8,9)50-28-18-47-30-27(17-46-31(28)30)49-34-42-26-16-23(37)32(43-33(26)44(34)20-45-12-13-51(5,6)7)41-25-11-10-21-14-22(15-24(38)29(21)25)48-19-36(4,39)40/h14-16,25,27-28,30-31H,10-13,17-20H2,1-9H3,(H,41,43)/t25?,27-,28?,30-,31-/m1/s1. The van der Waals surface area contributed by atoms with Crippen LogP contribution in [0.4, 0.5) is 19.0 Å². The van der Waals surface area contributed by atoms with E-state index in [-0.39, 0.29) is 35.8 Å². The summed E-state index contributed by atoms with van der Waals surface area (Å²) in [6, 6.07) is 5.30. The highest BCUT2D eigenvalue weighted by molar-refractivity contribution is 6.76. The number of nitrogens with one attached hydrogen (secondary N) is 1. The number of anilines is 1. The van der Waals surface area contributed by atoms with Crippen LogP contribution in [0.15, 0.2) is 18.2 Å². The fourth-order valence-corrected chi connectivity index (χ4v) is 8.73. The Morgan fingerprint density at radius 3 is 2.37 bits per heavy atom. The van der Waals surface area contributed by atoms with Crippen LogP contribution in [0.1, 0.15) is 51.3 Å². The summed E-state index contributed by atoms with van der Waals surface area (Å²) in [6.45, 7) is 19.3. The highest BCUT2D eigenvalue weighted by atomic mass is 35.5. The van der Waals surface area contributed by atoms with E-state index in [1.54, 1.807) is 16.7 Å². The summed E-state index contributed by atoms with van der Waals surface area (Å²) in [6.07, 6.45) is -0.112. The maximum absolute atomic E-state index is 15.4. The Labute approximate surface area is 311 Å². The van der Waals surface area contributed by atoms with Crippen molar-refractivity contribution in [3.8, 4) is 11.8 Å². The van der Waals surface area contributed by atoms with E-state index in [4.69, 9.17) is 49.7 Å². The summed E-state index contributed by atoms with van der Waals surface area (Å²) < 4.78 is 81.0. The molecular formula is C36H52ClF3N4O6Si2. The molecule has 2 unspecified atom stereocenters. The first-order chi connectivity index (χ1) is 24.2. The Kier molecular flexibility index (Phi) is 11.1. The molecule has 1 N–H and O–H groups in total. The van der Waals surface area contributed by atoms with Crippen molar-refractivity contribution in [3.63, 3.8) is 0 Å². The number of imidazole rings is 1. The van der Waals surface area contributed by atoms with E-state index in [0.29, 0.717) is 71.8 Å². The molecule has 6 rings (SSSR count). The number of benzene rings is 1. The Balaban J connectivity index is 1.23. The van der Waals surface area contributed by atoms with Gasteiger partial charge in [-0.3, -0.25) is 4.57 Å². The molecule has 5 atom stereocenters. The van der Waals surface area contributed by atoms with E-state index in [1.807, 2.05) is 0 Å². The lowest BCUT2D eigenvalue weighted by Crippen LogP contribution is -2.47. The van der Waals surface area contributed by atoms with Crippen molar-refractivity contribution in [3.05, 3.63) is 40.2 Å². The number of aromatic nitrogens is 3. The van der Waals surface area contributed by atoms with Crippen LogP contribution in [0.25, 0.3) is 11.2 Å². The molecule has 2 fully saturated rings. The maximum Gasteiger partial charge on any atom is 0.301 e. The van der Waals surface area contributed by atoms with Crippen LogP contribution in [0, 0.1) is 5.82 Å². The lowest BCUT2D eigenvalue weighted by Gasteiger charge is -2.39. The SMILES string of the molecule is CC(F)(F)COc1cc(F)c2c(c1)CCC2Nc1nc2c(cc1Cl)nc(O[C@@H]1CO[C@@H]3C(O[Si](C)(C)C(C)(C)C)CO[C@@H]31)n2COCC[Si](C)(C)C. The first-order valence-corrected chi connectivity index (χ1v) is 25.0. The summed E-state index contributed by atoms with van der Waals surface area (Å²) in [5.74, 6) is -3.15. The Morgan fingerprint density at radius 1 is 1.00 bits per heavy atom. The monoisotopic (exact) mass is 784 g/mol. The second kappa shape index (κ2) is 14.7. The molecule has 0 saturated carbocycles. The molecule has 4 heterocycles. The number of hydrogen-bond acceptors (Lipinski definition) is 9. The molecule has 0 spiro atoms. The van der Waals surface area contributed by atoms with Crippen molar-refractivity contribution in [1.29, 1.82) is 0 Å². The number of ether oxygens (including phenoxy) is 5. The van der Waals surface area contributed by atoms with Gasteiger partial charge in [0.05, 0.1) is 30.4 Å². The average molecular weight is 785 g/mol. The minimum Gasteiger partial charge on any atom is -0.487 e. The van der Waals surface area contributed by atoms with Gasteiger partial charge in [0, 0.05) is 33.2 Å². The normalized spacial score (nSPS) is 23.7. The third-order valence-electron chi connectivity index (χ3n) is 10.4. The molecule has 0 amide bonds. The average Bonchev–Trinajstić information content (AvgIpc) is 3.78. The molecule has 16 heteroatoms. The van der Waals surface area contributed by atoms with E-state index >= 15 is 4.39 Å². The van der Waals surface area contributed by atoms with Crippen molar-refractivity contribution in [2.24, 2.45) is 0 Å². The van der Waals surface area contributed by atoms with Gasteiger partial charge in [-0.25, -0.2) is 18.2 Å². The molecule has 0 radical (unpaired) electrons. The summed E-state index contributed by atoms with van der Waals surface area (Å²) in [5.41, 5.74) is 2.11. The van der Waals surface area contributed by atoms with Crippen molar-refractivity contribution < 1.29 is 41.3 Å². The van der Waals surface area contributed by atoms with Crippen LogP contribution in [0.3, 0.4) is 0 Å². The van der Waals surface area contributed by atoms with Crippen molar-refractivity contribution in [1.82, 2.24) is 14.5 Å². The number of hydrogen-bond donors (Lipinski definition) is 1. The highest BCUT2D eigenvalue weighted by Crippen LogP contribution is 2.42. The van der Waals surface area contributed by atoms with Crippen molar-refractivity contribution >= 4 is 45.0 Å². The first kappa shape index (κ1) is 39.3. The lowest BCUT2D eigenvalue weighted by molar-refractivity contribution is -0.0230. The molecule has 2 aliphatic heterocycles. The Bertz CT molecular complexity index is 1760. The van der Waals surface area contributed by atoms with Crippen LogP contribution in [0.5, 0.6) is 11.8 Å². The second-order valence-corrected chi connectivity index (χ2v) is 27.9. The smallest absolute Gasteiger partial charge is 0.301 e. The minimum absolute atomic E-state index is 0.0484. The van der Waals surface area contributed by atoms with E-state index in [1.165, 1.54) is 0 Å². The van der Waals surface area contributed by atoms with Gasteiger partial charge in [-0.05, 0) is 54.7 Å². The zero-order valence-electron chi connectivity index (χ0n) is 31.6. The maximum atomic E-state index is 15.4. The Hall–Kier alpha value is -2.41. The number of pyridine rings is 1. The van der Waals surface area contributed by atoms with Gasteiger partial charge in [0.1, 0.15) is 41.8 Å². The molecule has 288 valence electrons. The molecule has 3 aromatic rings. The van der Waals surface area contributed by atoms with Gasteiger partial charge in [-0.15, -0.1) is 0 Å². The van der Waals surface area contributed by atoms with Crippen LogP contribution in [-0.2, 0) is 31.8 Å². The van der Waals surface area contributed by atoms with Crippen molar-refractivity contribution in [2.45, 2.75) is 127 Å². The number of fused-ring (bicyclic) bond motifs is 3.